The van der Waals surface area contributed by atoms with Crippen molar-refractivity contribution in [1.29, 1.82) is 0 Å². The molecule has 0 amide bonds. The second-order valence-electron chi connectivity index (χ2n) is 5.72. The first-order valence-corrected chi connectivity index (χ1v) is 6.66. The minimum Gasteiger partial charge on any atom is -0.378 e. The molecule has 0 bridgehead atoms. The van der Waals surface area contributed by atoms with E-state index in [1.165, 1.54) is 11.1 Å². The molecule has 1 unspecified atom stereocenters. The maximum Gasteiger partial charge on any atom is 0.0645 e. The van der Waals surface area contributed by atoms with Gasteiger partial charge in [-0.2, -0.15) is 0 Å². The fraction of sp³-hybridized carbons (Fsp3) is 0.600. The number of nitrogens with two attached hydrogens (primary N) is 1. The van der Waals surface area contributed by atoms with Crippen LogP contribution >= 0.6 is 0 Å². The van der Waals surface area contributed by atoms with Gasteiger partial charge in [0.15, 0.2) is 0 Å². The van der Waals surface area contributed by atoms with Gasteiger partial charge in [0.25, 0.3) is 0 Å². The molecule has 1 heterocycles. The number of nitrogens with zero attached hydrogens (tertiary/aromatic N) is 1. The van der Waals surface area contributed by atoms with E-state index in [0.29, 0.717) is 6.54 Å². The quantitative estimate of drug-likeness (QED) is 0.890. The molecular weight excluding hydrogens is 224 g/mol. The van der Waals surface area contributed by atoms with E-state index in [0.717, 1.165) is 19.8 Å². The van der Waals surface area contributed by atoms with Gasteiger partial charge in [0.05, 0.1) is 13.2 Å². The minimum atomic E-state index is 0.0488. The van der Waals surface area contributed by atoms with Crippen molar-refractivity contribution in [2.45, 2.75) is 32.4 Å². The fourth-order valence-electron chi connectivity index (χ4n) is 2.68. The summed E-state index contributed by atoms with van der Waals surface area (Å²) in [5.74, 6) is 0. The van der Waals surface area contributed by atoms with Crippen molar-refractivity contribution in [1.82, 2.24) is 4.90 Å². The summed E-state index contributed by atoms with van der Waals surface area (Å²) in [7, 11) is 0. The van der Waals surface area contributed by atoms with Crippen LogP contribution in [0.5, 0.6) is 0 Å². The van der Waals surface area contributed by atoms with E-state index in [1.807, 2.05) is 0 Å². The molecule has 1 saturated heterocycles. The Kier molecular flexibility index (Phi) is 4.05. The molecule has 18 heavy (non-hydrogen) atoms. The summed E-state index contributed by atoms with van der Waals surface area (Å²) >= 11 is 0. The topological polar surface area (TPSA) is 38.5 Å². The molecule has 1 aliphatic heterocycles. The van der Waals surface area contributed by atoms with Gasteiger partial charge in [-0.3, -0.25) is 4.90 Å². The zero-order chi connectivity index (χ0) is 13.2. The second-order valence-corrected chi connectivity index (χ2v) is 5.72. The van der Waals surface area contributed by atoms with Crippen LogP contribution in [0.3, 0.4) is 0 Å². The van der Waals surface area contributed by atoms with E-state index in [9.17, 15) is 0 Å². The molecule has 0 aliphatic carbocycles. The first-order valence-electron chi connectivity index (χ1n) is 6.66. The number of hydrogen-bond donors (Lipinski definition) is 1. The maximum absolute atomic E-state index is 6.01. The third kappa shape index (κ3) is 2.74. The van der Waals surface area contributed by atoms with Crippen LogP contribution in [0.2, 0.25) is 0 Å². The second kappa shape index (κ2) is 5.39. The van der Waals surface area contributed by atoms with E-state index in [4.69, 9.17) is 10.5 Å². The Morgan fingerprint density at radius 1 is 1.33 bits per heavy atom. The van der Waals surface area contributed by atoms with Gasteiger partial charge in [0, 0.05) is 24.7 Å². The van der Waals surface area contributed by atoms with Crippen LogP contribution in [0.4, 0.5) is 0 Å². The van der Waals surface area contributed by atoms with Gasteiger partial charge in [0.2, 0.25) is 0 Å². The van der Waals surface area contributed by atoms with Gasteiger partial charge >= 0.3 is 0 Å². The van der Waals surface area contributed by atoms with E-state index in [-0.39, 0.29) is 11.6 Å². The normalized spacial score (nSPS) is 21.8. The van der Waals surface area contributed by atoms with Gasteiger partial charge in [0.1, 0.15) is 0 Å². The Morgan fingerprint density at radius 3 is 2.56 bits per heavy atom. The van der Waals surface area contributed by atoms with Crippen molar-refractivity contribution in [3.05, 3.63) is 35.4 Å². The number of rotatable bonds is 3. The molecule has 3 heteroatoms. The molecule has 1 aromatic carbocycles. The largest absolute Gasteiger partial charge is 0.378 e. The number of benzene rings is 1. The lowest BCUT2D eigenvalue weighted by Crippen LogP contribution is -2.55. The average molecular weight is 248 g/mol. The summed E-state index contributed by atoms with van der Waals surface area (Å²) in [6, 6.07) is 8.98. The van der Waals surface area contributed by atoms with Crippen LogP contribution in [-0.4, -0.2) is 36.7 Å². The predicted octanol–water partition coefficient (Wildman–Crippen LogP) is 2.11. The van der Waals surface area contributed by atoms with Gasteiger partial charge in [-0.05, 0) is 26.3 Å². The zero-order valence-electron chi connectivity index (χ0n) is 11.6. The molecule has 100 valence electrons. The maximum atomic E-state index is 6.01. The molecule has 2 N–H and O–H groups in total. The molecule has 1 fully saturated rings. The van der Waals surface area contributed by atoms with Crippen molar-refractivity contribution in [3.8, 4) is 0 Å². The van der Waals surface area contributed by atoms with E-state index >= 15 is 0 Å². The summed E-state index contributed by atoms with van der Waals surface area (Å²) in [5.41, 5.74) is 8.65. The third-order valence-electron chi connectivity index (χ3n) is 3.77. The smallest absolute Gasteiger partial charge is 0.0645 e. The van der Waals surface area contributed by atoms with Gasteiger partial charge < -0.3 is 10.5 Å². The molecule has 1 aliphatic rings. The predicted molar refractivity (Wildman–Crippen MR) is 74.6 cm³/mol. The first-order chi connectivity index (χ1) is 8.54. The standard InChI is InChI=1S/C15H24N2O/c1-12-4-6-13(7-5-12)14(10-16)17-8-9-18-11-15(17,2)3/h4-7,14H,8-11,16H2,1-3H3. The lowest BCUT2D eigenvalue weighted by atomic mass is 9.95. The van der Waals surface area contributed by atoms with Crippen LogP contribution in [-0.2, 0) is 4.74 Å². The average Bonchev–Trinajstić information content (AvgIpc) is 2.34. The monoisotopic (exact) mass is 248 g/mol. The fourth-order valence-corrected chi connectivity index (χ4v) is 2.68. The molecule has 0 spiro atoms. The van der Waals surface area contributed by atoms with Gasteiger partial charge in [-0.1, -0.05) is 29.8 Å². The highest BCUT2D eigenvalue weighted by atomic mass is 16.5. The van der Waals surface area contributed by atoms with E-state index in [2.05, 4.69) is 49.9 Å². The van der Waals surface area contributed by atoms with Gasteiger partial charge in [-0.15, -0.1) is 0 Å². The molecule has 2 rings (SSSR count). The number of hydrogen-bond acceptors (Lipinski definition) is 3. The summed E-state index contributed by atoms with van der Waals surface area (Å²) in [6.45, 7) is 9.72. The van der Waals surface area contributed by atoms with E-state index < -0.39 is 0 Å². The van der Waals surface area contributed by atoms with Crippen LogP contribution in [0.25, 0.3) is 0 Å². The number of ether oxygens (including phenoxy) is 1. The molecule has 1 atom stereocenters. The summed E-state index contributed by atoms with van der Waals surface area (Å²) in [4.78, 5) is 2.47. The zero-order valence-corrected chi connectivity index (χ0v) is 11.6. The third-order valence-corrected chi connectivity index (χ3v) is 3.77. The highest BCUT2D eigenvalue weighted by Gasteiger charge is 2.35. The summed E-state index contributed by atoms with van der Waals surface area (Å²) in [5, 5.41) is 0. The lowest BCUT2D eigenvalue weighted by molar-refractivity contribution is -0.0712. The van der Waals surface area contributed by atoms with Crippen molar-refractivity contribution < 1.29 is 4.74 Å². The summed E-state index contributed by atoms with van der Waals surface area (Å²) in [6.07, 6.45) is 0. The Balaban J connectivity index is 2.24. The molecule has 0 aromatic heterocycles. The Morgan fingerprint density at radius 2 is 2.00 bits per heavy atom. The van der Waals surface area contributed by atoms with Crippen molar-refractivity contribution >= 4 is 0 Å². The Bertz CT molecular complexity index is 386. The molecule has 0 radical (unpaired) electrons. The van der Waals surface area contributed by atoms with Crippen LogP contribution < -0.4 is 5.73 Å². The van der Waals surface area contributed by atoms with E-state index in [1.54, 1.807) is 0 Å². The van der Waals surface area contributed by atoms with Crippen LogP contribution in [0.15, 0.2) is 24.3 Å². The van der Waals surface area contributed by atoms with Crippen LogP contribution in [0, 0.1) is 6.92 Å². The Hall–Kier alpha value is -0.900. The van der Waals surface area contributed by atoms with Gasteiger partial charge in [-0.25, -0.2) is 0 Å². The molecule has 0 saturated carbocycles. The number of morpholine rings is 1. The first kappa shape index (κ1) is 13.5. The van der Waals surface area contributed by atoms with Crippen LogP contribution in [0.1, 0.15) is 31.0 Å². The minimum absolute atomic E-state index is 0.0488. The highest BCUT2D eigenvalue weighted by molar-refractivity contribution is 5.25. The lowest BCUT2D eigenvalue weighted by Gasteiger charge is -2.46. The molecule has 1 aromatic rings. The van der Waals surface area contributed by atoms with Crippen molar-refractivity contribution in [2.24, 2.45) is 5.73 Å². The summed E-state index contributed by atoms with van der Waals surface area (Å²) < 4.78 is 5.58. The molecular formula is C15H24N2O. The SMILES string of the molecule is Cc1ccc(C(CN)N2CCOCC2(C)C)cc1. The van der Waals surface area contributed by atoms with Crippen molar-refractivity contribution in [2.75, 3.05) is 26.3 Å². The number of aryl methyl sites for hydroxylation is 1. The van der Waals surface area contributed by atoms with Crippen molar-refractivity contribution in [3.63, 3.8) is 0 Å². The molecule has 3 nitrogen and oxygen atoms in total. The highest BCUT2D eigenvalue weighted by Crippen LogP contribution is 2.30. The Labute approximate surface area is 110 Å².